The van der Waals surface area contributed by atoms with Gasteiger partial charge < -0.3 is 10.6 Å². The van der Waals surface area contributed by atoms with E-state index in [2.05, 4.69) is 15.7 Å². The summed E-state index contributed by atoms with van der Waals surface area (Å²) in [5.41, 5.74) is 3.57. The number of benzene rings is 4. The van der Waals surface area contributed by atoms with Crippen molar-refractivity contribution in [2.75, 3.05) is 10.3 Å². The number of anilines is 2. The average Bonchev–Trinajstić information content (AvgIpc) is 3.32. The zero-order chi connectivity index (χ0) is 27.2. The second-order valence-corrected chi connectivity index (χ2v) is 10.1. The summed E-state index contributed by atoms with van der Waals surface area (Å²) in [5.74, 6) is -0.395. The first-order valence-electron chi connectivity index (χ1n) is 12.4. The van der Waals surface area contributed by atoms with Crippen LogP contribution in [0.25, 0.3) is 0 Å². The maximum atomic E-state index is 13.5. The molecule has 1 aliphatic rings. The smallest absolute Gasteiger partial charge is 0.255 e. The lowest BCUT2D eigenvalue weighted by molar-refractivity contribution is -0.119. The van der Waals surface area contributed by atoms with Crippen molar-refractivity contribution in [3.05, 3.63) is 126 Å². The lowest BCUT2D eigenvalue weighted by atomic mass is 10.1. The molecule has 0 aromatic heterocycles. The molecule has 0 saturated heterocycles. The zero-order valence-corrected chi connectivity index (χ0v) is 22.0. The van der Waals surface area contributed by atoms with Crippen molar-refractivity contribution < 1.29 is 14.4 Å². The Labute approximate surface area is 230 Å². The molecule has 1 heterocycles. The standard InChI is InChI=1S/C31H26N4O3S/c1-21-11-8-9-18-26(21)30(37)32-23-14-10-17-25(19-23)39-29(22-12-4-2-5-13-22)31(38)33-27-20-28(36)35(34-27)24-15-6-3-7-16-24/h2-19,29H,20H2,1H3,(H,32,37)(H,33,34,38). The molecule has 0 bridgehead atoms. The lowest BCUT2D eigenvalue weighted by Gasteiger charge is -2.17. The number of para-hydroxylation sites is 1. The van der Waals surface area contributed by atoms with Crippen LogP contribution in [-0.2, 0) is 9.59 Å². The van der Waals surface area contributed by atoms with E-state index in [0.717, 1.165) is 16.0 Å². The number of hydrazone groups is 1. The number of aryl methyl sites for hydroxylation is 1. The first kappa shape index (κ1) is 25.9. The molecule has 0 aliphatic carbocycles. The number of amides is 3. The third-order valence-electron chi connectivity index (χ3n) is 6.12. The predicted molar refractivity (Wildman–Crippen MR) is 155 cm³/mol. The highest BCUT2D eigenvalue weighted by atomic mass is 32.2. The van der Waals surface area contributed by atoms with Gasteiger partial charge in [-0.25, -0.2) is 0 Å². The number of thioether (sulfide) groups is 1. The molecule has 7 nitrogen and oxygen atoms in total. The van der Waals surface area contributed by atoms with Crippen molar-refractivity contribution in [3.63, 3.8) is 0 Å². The fraction of sp³-hybridized carbons (Fsp3) is 0.0968. The van der Waals surface area contributed by atoms with Gasteiger partial charge in [-0.15, -0.1) is 11.8 Å². The normalized spacial score (nSPS) is 13.5. The SMILES string of the molecule is Cc1ccccc1C(=O)Nc1cccc(SC(C(=O)NC2=NN(c3ccccc3)C(=O)C2)c2ccccc2)c1. The summed E-state index contributed by atoms with van der Waals surface area (Å²) in [6.07, 6.45) is 0.00717. The molecule has 5 rings (SSSR count). The molecule has 0 radical (unpaired) electrons. The Kier molecular flexibility index (Phi) is 7.84. The minimum Gasteiger partial charge on any atom is -0.322 e. The van der Waals surface area contributed by atoms with Gasteiger partial charge in [0.05, 0.1) is 12.1 Å². The Morgan fingerprint density at radius 2 is 1.54 bits per heavy atom. The Bertz CT molecular complexity index is 1540. The van der Waals surface area contributed by atoms with Crippen LogP contribution in [0.5, 0.6) is 0 Å². The molecule has 1 unspecified atom stereocenters. The number of nitrogens with one attached hydrogen (secondary N) is 2. The first-order chi connectivity index (χ1) is 19.0. The van der Waals surface area contributed by atoms with Gasteiger partial charge in [-0.1, -0.05) is 72.8 Å². The van der Waals surface area contributed by atoms with Gasteiger partial charge in [0.1, 0.15) is 11.1 Å². The van der Waals surface area contributed by atoms with E-state index in [9.17, 15) is 14.4 Å². The van der Waals surface area contributed by atoms with E-state index in [1.54, 1.807) is 18.2 Å². The molecule has 1 atom stereocenters. The van der Waals surface area contributed by atoms with Crippen molar-refractivity contribution in [1.82, 2.24) is 5.32 Å². The van der Waals surface area contributed by atoms with Crippen LogP contribution in [0, 0.1) is 6.92 Å². The fourth-order valence-electron chi connectivity index (χ4n) is 4.19. The van der Waals surface area contributed by atoms with Crippen molar-refractivity contribution >= 4 is 46.7 Å². The summed E-state index contributed by atoms with van der Waals surface area (Å²) >= 11 is 1.35. The Morgan fingerprint density at radius 3 is 2.28 bits per heavy atom. The number of amidine groups is 1. The second-order valence-electron chi connectivity index (χ2n) is 8.96. The van der Waals surface area contributed by atoms with Crippen LogP contribution in [0.1, 0.15) is 33.2 Å². The summed E-state index contributed by atoms with van der Waals surface area (Å²) in [7, 11) is 0. The minimum atomic E-state index is -0.614. The second kappa shape index (κ2) is 11.8. The van der Waals surface area contributed by atoms with Crippen molar-refractivity contribution in [3.8, 4) is 0 Å². The Hall–Kier alpha value is -4.69. The van der Waals surface area contributed by atoms with E-state index in [1.165, 1.54) is 16.8 Å². The van der Waals surface area contributed by atoms with Gasteiger partial charge >= 0.3 is 0 Å². The summed E-state index contributed by atoms with van der Waals surface area (Å²) in [4.78, 5) is 39.7. The summed E-state index contributed by atoms with van der Waals surface area (Å²) < 4.78 is 0. The fourth-order valence-corrected chi connectivity index (χ4v) is 5.27. The van der Waals surface area contributed by atoms with Crippen LogP contribution >= 0.6 is 11.8 Å². The molecular weight excluding hydrogens is 508 g/mol. The molecule has 1 aliphatic heterocycles. The number of carbonyl (C=O) groups is 3. The largest absolute Gasteiger partial charge is 0.322 e. The number of nitrogens with zero attached hydrogens (tertiary/aromatic N) is 2. The molecule has 194 valence electrons. The highest BCUT2D eigenvalue weighted by molar-refractivity contribution is 8.00. The quantitative estimate of drug-likeness (QED) is 0.287. The van der Waals surface area contributed by atoms with Gasteiger partial charge in [0.2, 0.25) is 5.91 Å². The van der Waals surface area contributed by atoms with E-state index in [-0.39, 0.29) is 24.1 Å². The summed E-state index contributed by atoms with van der Waals surface area (Å²) in [6, 6.07) is 33.3. The monoisotopic (exact) mass is 534 g/mol. The number of hydrogen-bond acceptors (Lipinski definition) is 5. The summed E-state index contributed by atoms with van der Waals surface area (Å²) in [5, 5.41) is 10.9. The van der Waals surface area contributed by atoms with E-state index < -0.39 is 5.25 Å². The van der Waals surface area contributed by atoms with Gasteiger partial charge in [-0.3, -0.25) is 14.4 Å². The molecule has 39 heavy (non-hydrogen) atoms. The molecule has 0 saturated carbocycles. The van der Waals surface area contributed by atoms with Gasteiger partial charge in [0.25, 0.3) is 11.8 Å². The molecule has 0 fully saturated rings. The molecule has 2 N–H and O–H groups in total. The van der Waals surface area contributed by atoms with Gasteiger partial charge in [-0.05, 0) is 54.4 Å². The number of carbonyl (C=O) groups excluding carboxylic acids is 3. The third-order valence-corrected chi connectivity index (χ3v) is 7.37. The van der Waals surface area contributed by atoms with E-state index in [1.807, 2.05) is 97.9 Å². The maximum absolute atomic E-state index is 13.5. The van der Waals surface area contributed by atoms with E-state index in [0.29, 0.717) is 22.8 Å². The van der Waals surface area contributed by atoms with Gasteiger partial charge in [0, 0.05) is 16.1 Å². The van der Waals surface area contributed by atoms with Crippen LogP contribution < -0.4 is 15.6 Å². The minimum absolute atomic E-state index is 0.00717. The Balaban J connectivity index is 1.34. The third kappa shape index (κ3) is 6.25. The van der Waals surface area contributed by atoms with Crippen LogP contribution in [0.3, 0.4) is 0 Å². The maximum Gasteiger partial charge on any atom is 0.255 e. The van der Waals surface area contributed by atoms with Crippen LogP contribution in [0.2, 0.25) is 0 Å². The topological polar surface area (TPSA) is 90.9 Å². The highest BCUT2D eigenvalue weighted by Gasteiger charge is 2.29. The summed E-state index contributed by atoms with van der Waals surface area (Å²) in [6.45, 7) is 1.89. The van der Waals surface area contributed by atoms with Crippen LogP contribution in [0.15, 0.2) is 119 Å². The molecule has 4 aromatic carbocycles. The number of rotatable bonds is 7. The molecule has 4 aromatic rings. The molecule has 3 amide bonds. The molecule has 8 heteroatoms. The first-order valence-corrected chi connectivity index (χ1v) is 13.3. The average molecular weight is 535 g/mol. The van der Waals surface area contributed by atoms with Crippen LogP contribution in [-0.4, -0.2) is 23.6 Å². The Morgan fingerprint density at radius 1 is 0.846 bits per heavy atom. The predicted octanol–water partition coefficient (Wildman–Crippen LogP) is 5.95. The number of hydrogen-bond donors (Lipinski definition) is 2. The van der Waals surface area contributed by atoms with Crippen LogP contribution in [0.4, 0.5) is 11.4 Å². The zero-order valence-electron chi connectivity index (χ0n) is 21.2. The van der Waals surface area contributed by atoms with Crippen molar-refractivity contribution in [2.24, 2.45) is 5.10 Å². The molecular formula is C31H26N4O3S. The van der Waals surface area contributed by atoms with Crippen molar-refractivity contribution in [1.29, 1.82) is 0 Å². The van der Waals surface area contributed by atoms with E-state index in [4.69, 9.17) is 0 Å². The highest BCUT2D eigenvalue weighted by Crippen LogP contribution is 2.36. The van der Waals surface area contributed by atoms with Gasteiger partial charge in [-0.2, -0.15) is 10.1 Å². The molecule has 0 spiro atoms. The van der Waals surface area contributed by atoms with Crippen molar-refractivity contribution in [2.45, 2.75) is 23.5 Å². The lowest BCUT2D eigenvalue weighted by Crippen LogP contribution is -2.33. The van der Waals surface area contributed by atoms with Gasteiger partial charge in [0.15, 0.2) is 0 Å². The van der Waals surface area contributed by atoms with E-state index >= 15 is 0 Å².